The van der Waals surface area contributed by atoms with Crippen LogP contribution in [-0.2, 0) is 11.3 Å². The predicted octanol–water partition coefficient (Wildman–Crippen LogP) is 1.66. The second-order valence-corrected chi connectivity index (χ2v) is 5.28. The van der Waals surface area contributed by atoms with Crippen LogP contribution in [0.4, 0.5) is 8.78 Å². The summed E-state index contributed by atoms with van der Waals surface area (Å²) in [5.74, 6) is -3.00. The van der Waals surface area contributed by atoms with E-state index < -0.39 is 23.4 Å². The lowest BCUT2D eigenvalue weighted by Gasteiger charge is -2.06. The number of imidazole rings is 1. The van der Waals surface area contributed by atoms with Gasteiger partial charge in [-0.15, -0.1) is 0 Å². The van der Waals surface area contributed by atoms with E-state index in [1.54, 1.807) is 6.20 Å². The monoisotopic (exact) mass is 344 g/mol. The van der Waals surface area contributed by atoms with E-state index in [9.17, 15) is 18.4 Å². The first-order valence-corrected chi connectivity index (χ1v) is 7.45. The molecule has 0 aliphatic heterocycles. The third kappa shape index (κ3) is 3.97. The van der Waals surface area contributed by atoms with Crippen LogP contribution in [-0.4, -0.2) is 27.7 Å². The van der Waals surface area contributed by atoms with Gasteiger partial charge in [-0.3, -0.25) is 9.59 Å². The zero-order chi connectivity index (χ0) is 17.8. The van der Waals surface area contributed by atoms with Gasteiger partial charge in [0.05, 0.1) is 24.3 Å². The van der Waals surface area contributed by atoms with E-state index in [0.717, 1.165) is 17.8 Å². The number of hydrogen-bond donors (Lipinski definition) is 2. The lowest BCUT2D eigenvalue weighted by molar-refractivity contribution is -0.120. The van der Waals surface area contributed by atoms with E-state index >= 15 is 0 Å². The lowest BCUT2D eigenvalue weighted by Crippen LogP contribution is -2.37. The Morgan fingerprint density at radius 1 is 1.12 bits per heavy atom. The Morgan fingerprint density at radius 3 is 2.72 bits per heavy atom. The largest absolute Gasteiger partial charge is 0.349 e. The van der Waals surface area contributed by atoms with Gasteiger partial charge in [-0.2, -0.15) is 0 Å². The Bertz CT molecular complexity index is 906. The fourth-order valence-corrected chi connectivity index (χ4v) is 2.25. The van der Waals surface area contributed by atoms with Gasteiger partial charge in [0.2, 0.25) is 5.91 Å². The van der Waals surface area contributed by atoms with Crippen LogP contribution >= 0.6 is 0 Å². The summed E-state index contributed by atoms with van der Waals surface area (Å²) in [4.78, 5) is 27.9. The first-order valence-electron chi connectivity index (χ1n) is 7.45. The molecule has 0 fully saturated rings. The second kappa shape index (κ2) is 7.08. The Kier molecular flexibility index (Phi) is 4.69. The van der Waals surface area contributed by atoms with Crippen molar-refractivity contribution in [3.05, 3.63) is 71.7 Å². The molecule has 8 heteroatoms. The highest BCUT2D eigenvalue weighted by Crippen LogP contribution is 2.09. The zero-order valence-electron chi connectivity index (χ0n) is 13.0. The molecule has 3 aromatic rings. The van der Waals surface area contributed by atoms with E-state index in [1.165, 1.54) is 0 Å². The van der Waals surface area contributed by atoms with Gasteiger partial charge in [-0.1, -0.05) is 6.07 Å². The van der Waals surface area contributed by atoms with Crippen molar-refractivity contribution in [3.63, 3.8) is 0 Å². The van der Waals surface area contributed by atoms with Crippen molar-refractivity contribution in [2.75, 3.05) is 6.54 Å². The quantitative estimate of drug-likeness (QED) is 0.739. The first kappa shape index (κ1) is 16.6. The van der Waals surface area contributed by atoms with E-state index in [2.05, 4.69) is 15.6 Å². The number of hydrogen-bond acceptors (Lipinski definition) is 3. The molecule has 0 spiro atoms. The number of pyridine rings is 1. The number of nitrogens with zero attached hydrogens (tertiary/aromatic N) is 2. The van der Waals surface area contributed by atoms with Crippen LogP contribution in [0.25, 0.3) is 5.65 Å². The van der Waals surface area contributed by atoms with Gasteiger partial charge in [-0.25, -0.2) is 13.8 Å². The van der Waals surface area contributed by atoms with Gasteiger partial charge in [0.15, 0.2) is 0 Å². The summed E-state index contributed by atoms with van der Waals surface area (Å²) in [6, 6.07) is 8.16. The van der Waals surface area contributed by atoms with Crippen molar-refractivity contribution >= 4 is 17.5 Å². The summed E-state index contributed by atoms with van der Waals surface area (Å²) in [5.41, 5.74) is 1.09. The molecule has 0 saturated heterocycles. The van der Waals surface area contributed by atoms with E-state index in [-0.39, 0.29) is 18.7 Å². The Balaban J connectivity index is 1.51. The lowest BCUT2D eigenvalue weighted by atomic mass is 10.2. The van der Waals surface area contributed by atoms with Crippen molar-refractivity contribution in [2.45, 2.75) is 6.54 Å². The van der Waals surface area contributed by atoms with Crippen molar-refractivity contribution in [1.82, 2.24) is 20.0 Å². The molecule has 2 aromatic heterocycles. The molecule has 6 nitrogen and oxygen atoms in total. The fourth-order valence-electron chi connectivity index (χ4n) is 2.25. The Morgan fingerprint density at radius 2 is 1.96 bits per heavy atom. The standard InChI is InChI=1S/C17H14F2N4O2/c18-11-4-5-13(14(19)7-11)17(25)21-9-16(24)20-8-12-10-23-6-2-1-3-15(23)22-12/h1-7,10H,8-9H2,(H,20,24)(H,21,25). The summed E-state index contributed by atoms with van der Waals surface area (Å²) >= 11 is 0. The van der Waals surface area contributed by atoms with Gasteiger partial charge in [-0.05, 0) is 24.3 Å². The summed E-state index contributed by atoms with van der Waals surface area (Å²) in [7, 11) is 0. The van der Waals surface area contributed by atoms with Crippen LogP contribution in [0, 0.1) is 11.6 Å². The average molecular weight is 344 g/mol. The highest BCUT2D eigenvalue weighted by atomic mass is 19.1. The van der Waals surface area contributed by atoms with Crippen molar-refractivity contribution < 1.29 is 18.4 Å². The SMILES string of the molecule is O=C(CNC(=O)c1ccc(F)cc1F)NCc1cn2ccccc2n1. The first-order chi connectivity index (χ1) is 12.0. The molecule has 0 bridgehead atoms. The predicted molar refractivity (Wildman–Crippen MR) is 85.7 cm³/mol. The van der Waals surface area contributed by atoms with Crippen LogP contribution < -0.4 is 10.6 Å². The third-order valence-electron chi connectivity index (χ3n) is 3.47. The molecule has 2 heterocycles. The molecule has 3 rings (SSSR count). The molecule has 0 aliphatic rings. The molecule has 0 radical (unpaired) electrons. The smallest absolute Gasteiger partial charge is 0.254 e. The van der Waals surface area contributed by atoms with Crippen LogP contribution in [0.15, 0.2) is 48.8 Å². The number of aromatic nitrogens is 2. The molecular weight excluding hydrogens is 330 g/mol. The van der Waals surface area contributed by atoms with Crippen molar-refractivity contribution in [3.8, 4) is 0 Å². The van der Waals surface area contributed by atoms with Crippen LogP contribution in [0.1, 0.15) is 16.1 Å². The molecule has 0 atom stereocenters. The van der Waals surface area contributed by atoms with Gasteiger partial charge in [0.25, 0.3) is 5.91 Å². The molecule has 2 amide bonds. The molecule has 1 aromatic carbocycles. The number of carbonyl (C=O) groups is 2. The Hall–Kier alpha value is -3.29. The summed E-state index contributed by atoms with van der Waals surface area (Å²) in [5, 5.41) is 4.89. The Labute approximate surface area is 141 Å². The maximum atomic E-state index is 13.5. The van der Waals surface area contributed by atoms with Gasteiger partial charge >= 0.3 is 0 Å². The molecule has 0 unspecified atom stereocenters. The minimum absolute atomic E-state index is 0.196. The number of halogens is 2. The normalized spacial score (nSPS) is 10.6. The van der Waals surface area contributed by atoms with Crippen molar-refractivity contribution in [1.29, 1.82) is 0 Å². The van der Waals surface area contributed by atoms with Gasteiger partial charge in [0.1, 0.15) is 17.3 Å². The van der Waals surface area contributed by atoms with Gasteiger partial charge in [0, 0.05) is 18.5 Å². The number of carbonyl (C=O) groups excluding carboxylic acids is 2. The third-order valence-corrected chi connectivity index (χ3v) is 3.47. The zero-order valence-corrected chi connectivity index (χ0v) is 13.0. The molecule has 2 N–H and O–H groups in total. The van der Waals surface area contributed by atoms with Crippen molar-refractivity contribution in [2.24, 2.45) is 0 Å². The molecule has 25 heavy (non-hydrogen) atoms. The van der Waals surface area contributed by atoms with Crippen LogP contribution in [0.5, 0.6) is 0 Å². The highest BCUT2D eigenvalue weighted by Gasteiger charge is 2.13. The van der Waals surface area contributed by atoms with Crippen LogP contribution in [0.2, 0.25) is 0 Å². The molecule has 0 aliphatic carbocycles. The minimum atomic E-state index is -0.984. The second-order valence-electron chi connectivity index (χ2n) is 5.28. The van der Waals surface area contributed by atoms with E-state index in [1.807, 2.05) is 28.8 Å². The number of fused-ring (bicyclic) bond motifs is 1. The molecular formula is C17H14F2N4O2. The summed E-state index contributed by atoms with van der Waals surface area (Å²) in [6.07, 6.45) is 3.62. The van der Waals surface area contributed by atoms with E-state index in [4.69, 9.17) is 0 Å². The van der Waals surface area contributed by atoms with E-state index in [0.29, 0.717) is 11.8 Å². The molecule has 0 saturated carbocycles. The fraction of sp³-hybridized carbons (Fsp3) is 0.118. The average Bonchev–Trinajstić information content (AvgIpc) is 3.01. The summed E-state index contributed by atoms with van der Waals surface area (Å²) < 4.78 is 28.1. The number of amides is 2. The van der Waals surface area contributed by atoms with Gasteiger partial charge < -0.3 is 15.0 Å². The molecule has 128 valence electrons. The minimum Gasteiger partial charge on any atom is -0.349 e. The summed E-state index contributed by atoms with van der Waals surface area (Å²) in [6.45, 7) is -0.135. The number of nitrogens with one attached hydrogen (secondary N) is 2. The topological polar surface area (TPSA) is 75.5 Å². The van der Waals surface area contributed by atoms with Crippen LogP contribution in [0.3, 0.4) is 0 Å². The highest BCUT2D eigenvalue weighted by molar-refractivity contribution is 5.96. The maximum absolute atomic E-state index is 13.5. The maximum Gasteiger partial charge on any atom is 0.254 e. The number of benzene rings is 1. The number of rotatable bonds is 5.